The minimum atomic E-state index is -2.07. The predicted molar refractivity (Wildman–Crippen MR) is 64.7 cm³/mol. The maximum Gasteiger partial charge on any atom is 0.410 e. The lowest BCUT2D eigenvalue weighted by atomic mass is 9.90. The summed E-state index contributed by atoms with van der Waals surface area (Å²) in [6.45, 7) is 5.74. The van der Waals surface area contributed by atoms with Gasteiger partial charge in [-0.2, -0.15) is 5.26 Å². The second-order valence-corrected chi connectivity index (χ2v) is 5.55. The Bertz CT molecular complexity index is 361. The average Bonchev–Trinajstić information content (AvgIpc) is 2.26. The van der Waals surface area contributed by atoms with Gasteiger partial charge in [-0.15, -0.1) is 0 Å². The van der Waals surface area contributed by atoms with Crippen molar-refractivity contribution in [2.75, 3.05) is 20.1 Å². The number of nitrogens with zero attached hydrogens (tertiary/aromatic N) is 2. The summed E-state index contributed by atoms with van der Waals surface area (Å²) in [7, 11) is 1.47. The van der Waals surface area contributed by atoms with E-state index >= 15 is 0 Å². The molecule has 2 atom stereocenters. The highest BCUT2D eigenvalue weighted by molar-refractivity contribution is 5.68. The van der Waals surface area contributed by atoms with E-state index < -0.39 is 23.4 Å². The molecule has 0 bridgehead atoms. The standard InChI is InChI=1S/C12H20FN3O2/c1-11(2,3)18-10(17)16(4)9-5-6-15-8-12(9,13)7-14/h9,15H,5-6,8H2,1-4H3. The fourth-order valence-corrected chi connectivity index (χ4v) is 1.93. The van der Waals surface area contributed by atoms with Gasteiger partial charge < -0.3 is 15.0 Å². The van der Waals surface area contributed by atoms with Gasteiger partial charge in [-0.25, -0.2) is 9.18 Å². The Kier molecular flexibility index (Phi) is 4.17. The fraction of sp³-hybridized carbons (Fsp3) is 0.833. The number of rotatable bonds is 1. The molecule has 0 saturated carbocycles. The molecule has 0 aromatic carbocycles. The topological polar surface area (TPSA) is 65.4 Å². The van der Waals surface area contributed by atoms with Gasteiger partial charge in [0, 0.05) is 13.6 Å². The minimum Gasteiger partial charge on any atom is -0.444 e. The van der Waals surface area contributed by atoms with E-state index in [4.69, 9.17) is 10.00 Å². The molecule has 0 aromatic rings. The number of nitriles is 1. The van der Waals surface area contributed by atoms with Gasteiger partial charge >= 0.3 is 6.09 Å². The molecule has 0 radical (unpaired) electrons. The highest BCUT2D eigenvalue weighted by Gasteiger charge is 2.46. The van der Waals surface area contributed by atoms with Crippen LogP contribution in [0.4, 0.5) is 9.18 Å². The van der Waals surface area contributed by atoms with Crippen LogP contribution in [0.1, 0.15) is 27.2 Å². The molecule has 1 aliphatic rings. The normalized spacial score (nSPS) is 28.3. The molecule has 1 fully saturated rings. The number of carbonyl (C=O) groups excluding carboxylic acids is 1. The number of amides is 1. The molecule has 1 heterocycles. The summed E-state index contributed by atoms with van der Waals surface area (Å²) in [5.74, 6) is 0. The summed E-state index contributed by atoms with van der Waals surface area (Å²) >= 11 is 0. The van der Waals surface area contributed by atoms with Crippen molar-refractivity contribution in [3.8, 4) is 6.07 Å². The third-order valence-electron chi connectivity index (χ3n) is 2.84. The van der Waals surface area contributed by atoms with Gasteiger partial charge in [0.05, 0.1) is 6.04 Å². The Balaban J connectivity index is 2.79. The third-order valence-corrected chi connectivity index (χ3v) is 2.84. The van der Waals surface area contributed by atoms with Crippen molar-refractivity contribution in [2.24, 2.45) is 0 Å². The molecule has 102 valence electrons. The first-order valence-corrected chi connectivity index (χ1v) is 5.96. The smallest absolute Gasteiger partial charge is 0.410 e. The lowest BCUT2D eigenvalue weighted by molar-refractivity contribution is -0.00210. The number of halogens is 1. The van der Waals surface area contributed by atoms with Crippen LogP contribution in [-0.2, 0) is 4.74 Å². The second-order valence-electron chi connectivity index (χ2n) is 5.55. The molecule has 2 unspecified atom stereocenters. The predicted octanol–water partition coefficient (Wildman–Crippen LogP) is 1.45. The minimum absolute atomic E-state index is 0.0682. The van der Waals surface area contributed by atoms with Gasteiger partial charge in [-0.05, 0) is 33.7 Å². The molecule has 0 aliphatic carbocycles. The van der Waals surface area contributed by atoms with E-state index in [-0.39, 0.29) is 6.54 Å². The summed E-state index contributed by atoms with van der Waals surface area (Å²) < 4.78 is 19.5. The number of nitrogens with one attached hydrogen (secondary N) is 1. The maximum absolute atomic E-state index is 14.3. The molecule has 1 aliphatic heterocycles. The van der Waals surface area contributed by atoms with Crippen LogP contribution >= 0.6 is 0 Å². The SMILES string of the molecule is CN(C(=O)OC(C)(C)C)C1CCNCC1(F)C#N. The van der Waals surface area contributed by atoms with Crippen LogP contribution in [0.5, 0.6) is 0 Å². The summed E-state index contributed by atoms with van der Waals surface area (Å²) in [5.41, 5.74) is -2.70. The lowest BCUT2D eigenvalue weighted by Crippen LogP contribution is -2.59. The molecule has 1 rings (SSSR count). The summed E-state index contributed by atoms with van der Waals surface area (Å²) in [4.78, 5) is 13.1. The van der Waals surface area contributed by atoms with E-state index in [9.17, 15) is 9.18 Å². The molecular formula is C12H20FN3O2. The van der Waals surface area contributed by atoms with Crippen molar-refractivity contribution in [3.05, 3.63) is 0 Å². The van der Waals surface area contributed by atoms with E-state index in [1.54, 1.807) is 26.8 Å². The van der Waals surface area contributed by atoms with Gasteiger partial charge in [-0.3, -0.25) is 0 Å². The molecule has 1 amide bonds. The zero-order valence-corrected chi connectivity index (χ0v) is 11.3. The molecule has 1 N–H and O–H groups in total. The number of carbonyl (C=O) groups is 1. The van der Waals surface area contributed by atoms with Crippen molar-refractivity contribution >= 4 is 6.09 Å². The van der Waals surface area contributed by atoms with E-state index in [1.807, 2.05) is 0 Å². The van der Waals surface area contributed by atoms with Crippen LogP contribution in [0.25, 0.3) is 0 Å². The Labute approximate surface area is 107 Å². The Hall–Kier alpha value is -1.35. The van der Waals surface area contributed by atoms with Crippen LogP contribution in [-0.4, -0.2) is 48.4 Å². The van der Waals surface area contributed by atoms with E-state index in [0.717, 1.165) is 0 Å². The number of hydrogen-bond donors (Lipinski definition) is 1. The largest absolute Gasteiger partial charge is 0.444 e. The lowest BCUT2D eigenvalue weighted by Gasteiger charge is -2.39. The van der Waals surface area contributed by atoms with E-state index in [2.05, 4.69) is 5.32 Å². The van der Waals surface area contributed by atoms with Crippen LogP contribution in [0.2, 0.25) is 0 Å². The van der Waals surface area contributed by atoms with Crippen LogP contribution in [0.3, 0.4) is 0 Å². The first-order valence-electron chi connectivity index (χ1n) is 5.96. The van der Waals surface area contributed by atoms with Crippen molar-refractivity contribution < 1.29 is 13.9 Å². The number of hydrogen-bond acceptors (Lipinski definition) is 4. The number of alkyl halides is 1. The quantitative estimate of drug-likeness (QED) is 0.772. The third kappa shape index (κ3) is 3.33. The first-order chi connectivity index (χ1) is 8.19. The Morgan fingerprint density at radius 1 is 1.61 bits per heavy atom. The molecule has 1 saturated heterocycles. The fourth-order valence-electron chi connectivity index (χ4n) is 1.93. The van der Waals surface area contributed by atoms with Gasteiger partial charge in [0.15, 0.2) is 0 Å². The van der Waals surface area contributed by atoms with E-state index in [0.29, 0.717) is 13.0 Å². The zero-order chi connectivity index (χ0) is 14.0. The Morgan fingerprint density at radius 2 is 2.22 bits per heavy atom. The highest BCUT2D eigenvalue weighted by Crippen LogP contribution is 2.26. The zero-order valence-electron chi connectivity index (χ0n) is 11.3. The van der Waals surface area contributed by atoms with Gasteiger partial charge in [-0.1, -0.05) is 0 Å². The van der Waals surface area contributed by atoms with Crippen molar-refractivity contribution in [3.63, 3.8) is 0 Å². The van der Waals surface area contributed by atoms with E-state index in [1.165, 1.54) is 11.9 Å². The Morgan fingerprint density at radius 3 is 2.72 bits per heavy atom. The van der Waals surface area contributed by atoms with Crippen molar-refractivity contribution in [1.82, 2.24) is 10.2 Å². The number of piperidine rings is 1. The van der Waals surface area contributed by atoms with Gasteiger partial charge in [0.2, 0.25) is 5.67 Å². The van der Waals surface area contributed by atoms with Crippen molar-refractivity contribution in [2.45, 2.75) is 44.5 Å². The first kappa shape index (κ1) is 14.7. The molecule has 5 nitrogen and oxygen atoms in total. The van der Waals surface area contributed by atoms with Crippen LogP contribution < -0.4 is 5.32 Å². The average molecular weight is 257 g/mol. The monoisotopic (exact) mass is 257 g/mol. The highest BCUT2D eigenvalue weighted by atomic mass is 19.1. The van der Waals surface area contributed by atoms with Gasteiger partial charge in [0.25, 0.3) is 0 Å². The second kappa shape index (κ2) is 5.11. The molecule has 0 aromatic heterocycles. The summed E-state index contributed by atoms with van der Waals surface area (Å²) in [6.07, 6.45) is -0.216. The summed E-state index contributed by atoms with van der Waals surface area (Å²) in [6, 6.07) is 0.871. The van der Waals surface area contributed by atoms with Gasteiger partial charge in [0.1, 0.15) is 11.7 Å². The van der Waals surface area contributed by atoms with Crippen LogP contribution in [0, 0.1) is 11.3 Å². The molecular weight excluding hydrogens is 237 g/mol. The molecule has 18 heavy (non-hydrogen) atoms. The number of ether oxygens (including phenoxy) is 1. The van der Waals surface area contributed by atoms with Crippen LogP contribution in [0.15, 0.2) is 0 Å². The van der Waals surface area contributed by atoms with Crippen molar-refractivity contribution in [1.29, 1.82) is 5.26 Å². The molecule has 0 spiro atoms. The molecule has 6 heteroatoms. The summed E-state index contributed by atoms with van der Waals surface area (Å²) in [5, 5.41) is 11.8. The maximum atomic E-state index is 14.3.